The highest BCUT2D eigenvalue weighted by Crippen LogP contribution is 2.50. The number of pyridine rings is 1. The van der Waals surface area contributed by atoms with Crippen LogP contribution in [0.4, 0.5) is 0 Å². The van der Waals surface area contributed by atoms with E-state index in [2.05, 4.69) is 4.98 Å². The van der Waals surface area contributed by atoms with E-state index in [1.165, 1.54) is 25.7 Å². The molecule has 2 heteroatoms. The van der Waals surface area contributed by atoms with Crippen LogP contribution in [0.15, 0.2) is 18.3 Å². The number of hydrogen-bond acceptors (Lipinski definition) is 2. The van der Waals surface area contributed by atoms with E-state index in [0.29, 0.717) is 0 Å². The highest BCUT2D eigenvalue weighted by atomic mass is 16.3. The van der Waals surface area contributed by atoms with Gasteiger partial charge in [0, 0.05) is 11.9 Å². The van der Waals surface area contributed by atoms with Crippen LogP contribution in [0.3, 0.4) is 0 Å². The third kappa shape index (κ3) is 2.23. The van der Waals surface area contributed by atoms with Crippen molar-refractivity contribution in [3.05, 3.63) is 29.6 Å². The van der Waals surface area contributed by atoms with Crippen molar-refractivity contribution in [1.82, 2.24) is 4.98 Å². The Bertz CT molecular complexity index is 404. The summed E-state index contributed by atoms with van der Waals surface area (Å²) in [5.41, 5.74) is 2.04. The first kappa shape index (κ1) is 11.2. The number of aryl methyl sites for hydroxylation is 1. The number of rotatable bonds is 3. The molecule has 0 amide bonds. The molecule has 17 heavy (non-hydrogen) atoms. The normalized spacial score (nSPS) is 32.9. The van der Waals surface area contributed by atoms with Gasteiger partial charge in [-0.15, -0.1) is 0 Å². The van der Waals surface area contributed by atoms with Gasteiger partial charge in [-0.3, -0.25) is 4.98 Å². The lowest BCUT2D eigenvalue weighted by atomic mass is 9.83. The van der Waals surface area contributed by atoms with Crippen molar-refractivity contribution in [1.29, 1.82) is 0 Å². The molecule has 1 N–H and O–H groups in total. The molecule has 1 aromatic heterocycles. The first-order valence-corrected chi connectivity index (χ1v) is 6.83. The average molecular weight is 231 g/mol. The molecule has 0 spiro atoms. The zero-order valence-electron chi connectivity index (χ0n) is 10.5. The molecule has 1 heterocycles. The summed E-state index contributed by atoms with van der Waals surface area (Å²) in [5, 5.41) is 10.3. The molecule has 2 saturated carbocycles. The maximum Gasteiger partial charge on any atom is 0.0794 e. The van der Waals surface area contributed by atoms with Crippen LogP contribution in [-0.4, -0.2) is 10.1 Å². The molecule has 2 bridgehead atoms. The predicted octanol–water partition coefficient (Wildman–Crippen LogP) is 3.25. The van der Waals surface area contributed by atoms with Gasteiger partial charge in [-0.2, -0.15) is 0 Å². The van der Waals surface area contributed by atoms with Gasteiger partial charge < -0.3 is 5.11 Å². The zero-order chi connectivity index (χ0) is 11.8. The summed E-state index contributed by atoms with van der Waals surface area (Å²) >= 11 is 0. The van der Waals surface area contributed by atoms with E-state index in [9.17, 15) is 5.11 Å². The number of aliphatic hydroxyl groups excluding tert-OH is 1. The van der Waals surface area contributed by atoms with Crippen LogP contribution in [0.1, 0.15) is 49.5 Å². The van der Waals surface area contributed by atoms with Crippen LogP contribution < -0.4 is 0 Å². The van der Waals surface area contributed by atoms with Crippen molar-refractivity contribution in [3.63, 3.8) is 0 Å². The lowest BCUT2D eigenvalue weighted by molar-refractivity contribution is 0.125. The van der Waals surface area contributed by atoms with Gasteiger partial charge in [0.05, 0.1) is 6.10 Å². The largest absolute Gasteiger partial charge is 0.388 e. The molecule has 0 aromatic carbocycles. The molecular weight excluding hydrogens is 210 g/mol. The van der Waals surface area contributed by atoms with Crippen molar-refractivity contribution in [2.75, 3.05) is 0 Å². The predicted molar refractivity (Wildman–Crippen MR) is 67.5 cm³/mol. The van der Waals surface area contributed by atoms with Gasteiger partial charge in [-0.25, -0.2) is 0 Å². The molecule has 0 saturated heterocycles. The Balaban J connectivity index is 1.65. The second kappa shape index (κ2) is 4.41. The van der Waals surface area contributed by atoms with Crippen LogP contribution >= 0.6 is 0 Å². The highest BCUT2D eigenvalue weighted by Gasteiger charge is 2.40. The molecule has 2 aliphatic rings. The molecule has 2 aliphatic carbocycles. The second-order valence-electron chi connectivity index (χ2n) is 5.92. The first-order chi connectivity index (χ1) is 8.22. The summed E-state index contributed by atoms with van der Waals surface area (Å²) in [5.74, 6) is 2.63. The summed E-state index contributed by atoms with van der Waals surface area (Å²) in [7, 11) is 0. The summed E-state index contributed by atoms with van der Waals surface area (Å²) in [6, 6.07) is 3.96. The molecule has 4 atom stereocenters. The van der Waals surface area contributed by atoms with Crippen LogP contribution in [0.5, 0.6) is 0 Å². The molecule has 4 unspecified atom stereocenters. The Morgan fingerprint density at radius 2 is 2.29 bits per heavy atom. The summed E-state index contributed by atoms with van der Waals surface area (Å²) < 4.78 is 0. The van der Waals surface area contributed by atoms with E-state index in [0.717, 1.165) is 35.4 Å². The van der Waals surface area contributed by atoms with Crippen molar-refractivity contribution in [3.8, 4) is 0 Å². The third-order valence-electron chi connectivity index (χ3n) is 4.72. The van der Waals surface area contributed by atoms with Crippen molar-refractivity contribution < 1.29 is 5.11 Å². The Labute approximate surface area is 103 Å². The first-order valence-electron chi connectivity index (χ1n) is 6.83. The minimum absolute atomic E-state index is 0.291. The van der Waals surface area contributed by atoms with Gasteiger partial charge in [-0.1, -0.05) is 6.42 Å². The summed E-state index contributed by atoms with van der Waals surface area (Å²) in [6.45, 7) is 1.98. The monoisotopic (exact) mass is 231 g/mol. The molecule has 0 radical (unpaired) electrons. The zero-order valence-corrected chi connectivity index (χ0v) is 10.5. The minimum Gasteiger partial charge on any atom is -0.388 e. The van der Waals surface area contributed by atoms with Gasteiger partial charge in [0.15, 0.2) is 0 Å². The fourth-order valence-electron chi connectivity index (χ4n) is 3.86. The Kier molecular flexibility index (Phi) is 2.91. The van der Waals surface area contributed by atoms with Crippen LogP contribution in [0.25, 0.3) is 0 Å². The lowest BCUT2D eigenvalue weighted by Gasteiger charge is -2.24. The third-order valence-corrected chi connectivity index (χ3v) is 4.72. The molecule has 3 rings (SSSR count). The number of aliphatic hydroxyl groups is 1. The fourth-order valence-corrected chi connectivity index (χ4v) is 3.86. The highest BCUT2D eigenvalue weighted by molar-refractivity contribution is 5.18. The van der Waals surface area contributed by atoms with Gasteiger partial charge >= 0.3 is 0 Å². The average Bonchev–Trinajstić information content (AvgIpc) is 2.91. The SMILES string of the molecule is Cc1cc(C(O)CC2CC3CCC2C3)ccn1. The van der Waals surface area contributed by atoms with Crippen LogP contribution in [0.2, 0.25) is 0 Å². The van der Waals surface area contributed by atoms with Gasteiger partial charge in [0.2, 0.25) is 0 Å². The molecule has 1 aromatic rings. The van der Waals surface area contributed by atoms with Gasteiger partial charge in [0.1, 0.15) is 0 Å². The maximum absolute atomic E-state index is 10.3. The second-order valence-corrected chi connectivity index (χ2v) is 5.92. The number of hydrogen-bond donors (Lipinski definition) is 1. The number of aromatic nitrogens is 1. The van der Waals surface area contributed by atoms with E-state index in [1.807, 2.05) is 19.1 Å². The van der Waals surface area contributed by atoms with Crippen molar-refractivity contribution in [2.24, 2.45) is 17.8 Å². The fraction of sp³-hybridized carbons (Fsp3) is 0.667. The van der Waals surface area contributed by atoms with E-state index >= 15 is 0 Å². The Morgan fingerprint density at radius 1 is 1.41 bits per heavy atom. The number of fused-ring (bicyclic) bond motifs is 2. The van der Waals surface area contributed by atoms with E-state index in [4.69, 9.17) is 0 Å². The summed E-state index contributed by atoms with van der Waals surface area (Å²) in [6.07, 6.45) is 8.07. The van der Waals surface area contributed by atoms with Crippen LogP contribution in [0, 0.1) is 24.7 Å². The lowest BCUT2D eigenvalue weighted by Crippen LogP contribution is -2.14. The standard InChI is InChI=1S/C15H21NO/c1-10-6-13(4-5-16-10)15(17)9-14-8-11-2-3-12(14)7-11/h4-6,11-12,14-15,17H,2-3,7-9H2,1H3. The van der Waals surface area contributed by atoms with Gasteiger partial charge in [-0.05, 0) is 68.1 Å². The molecule has 92 valence electrons. The van der Waals surface area contributed by atoms with Gasteiger partial charge in [0.25, 0.3) is 0 Å². The van der Waals surface area contributed by atoms with Crippen molar-refractivity contribution in [2.45, 2.75) is 45.1 Å². The topological polar surface area (TPSA) is 33.1 Å². The maximum atomic E-state index is 10.3. The summed E-state index contributed by atoms with van der Waals surface area (Å²) in [4.78, 5) is 4.18. The smallest absolute Gasteiger partial charge is 0.0794 e. The Hall–Kier alpha value is -0.890. The number of nitrogens with zero attached hydrogens (tertiary/aromatic N) is 1. The van der Waals surface area contributed by atoms with Crippen molar-refractivity contribution >= 4 is 0 Å². The minimum atomic E-state index is -0.291. The quantitative estimate of drug-likeness (QED) is 0.866. The molecule has 2 fully saturated rings. The molecule has 2 nitrogen and oxygen atoms in total. The van der Waals surface area contributed by atoms with E-state index < -0.39 is 0 Å². The van der Waals surface area contributed by atoms with E-state index in [1.54, 1.807) is 6.20 Å². The molecular formula is C15H21NO. The van der Waals surface area contributed by atoms with E-state index in [-0.39, 0.29) is 6.10 Å². The Morgan fingerprint density at radius 3 is 2.94 bits per heavy atom. The van der Waals surface area contributed by atoms with Crippen LogP contribution in [-0.2, 0) is 0 Å². The molecule has 0 aliphatic heterocycles.